The van der Waals surface area contributed by atoms with E-state index < -0.39 is 5.97 Å². The van der Waals surface area contributed by atoms with Crippen molar-refractivity contribution in [1.82, 2.24) is 10.6 Å². The maximum Gasteiger partial charge on any atom is 0.325 e. The Labute approximate surface area is 160 Å². The van der Waals surface area contributed by atoms with Gasteiger partial charge in [0.15, 0.2) is 6.61 Å². The van der Waals surface area contributed by atoms with Crippen molar-refractivity contribution in [3.05, 3.63) is 52.7 Å². The van der Waals surface area contributed by atoms with Crippen molar-refractivity contribution < 1.29 is 19.1 Å². The maximum atomic E-state index is 11.7. The Kier molecular flexibility index (Phi) is 8.71. The molecule has 2 rings (SSSR count). The predicted octanol–water partition coefficient (Wildman–Crippen LogP) is 2.32. The van der Waals surface area contributed by atoms with E-state index >= 15 is 0 Å². The first-order valence-corrected chi connectivity index (χ1v) is 9.93. The summed E-state index contributed by atoms with van der Waals surface area (Å²) >= 11 is 3.00. The number of hydrogen-bond acceptors (Lipinski definition) is 6. The van der Waals surface area contributed by atoms with Crippen molar-refractivity contribution in [2.75, 3.05) is 25.4 Å². The van der Waals surface area contributed by atoms with Crippen molar-refractivity contribution in [2.45, 2.75) is 11.3 Å². The summed E-state index contributed by atoms with van der Waals surface area (Å²) in [6.07, 6.45) is 0.816. The zero-order valence-corrected chi connectivity index (χ0v) is 15.7. The number of carbonyl (C=O) groups is 3. The van der Waals surface area contributed by atoms with Gasteiger partial charge in [-0.2, -0.15) is 0 Å². The van der Waals surface area contributed by atoms with Crippen molar-refractivity contribution in [3.8, 4) is 0 Å². The minimum Gasteiger partial charge on any atom is -0.454 e. The topological polar surface area (TPSA) is 84.5 Å². The van der Waals surface area contributed by atoms with Crippen LogP contribution in [0.25, 0.3) is 0 Å². The van der Waals surface area contributed by atoms with E-state index in [0.717, 1.165) is 12.2 Å². The average Bonchev–Trinajstić information content (AvgIpc) is 3.20. The van der Waals surface area contributed by atoms with E-state index in [2.05, 4.69) is 10.6 Å². The van der Waals surface area contributed by atoms with Crippen LogP contribution in [0, 0.1) is 0 Å². The first kappa shape index (κ1) is 20.0. The van der Waals surface area contributed by atoms with E-state index in [1.807, 2.05) is 30.3 Å². The van der Waals surface area contributed by atoms with E-state index in [0.29, 0.717) is 11.4 Å². The second-order valence-corrected chi connectivity index (χ2v) is 7.30. The van der Waals surface area contributed by atoms with Gasteiger partial charge in [0, 0.05) is 11.4 Å². The quantitative estimate of drug-likeness (QED) is 0.368. The number of hydrogen-bond donors (Lipinski definition) is 2. The third-order valence-electron chi connectivity index (χ3n) is 3.16. The molecule has 0 fully saturated rings. The monoisotopic (exact) mass is 392 g/mol. The summed E-state index contributed by atoms with van der Waals surface area (Å²) in [5, 5.41) is 6.92. The summed E-state index contributed by atoms with van der Waals surface area (Å²) in [5.74, 6) is -0.451. The van der Waals surface area contributed by atoms with Crippen LogP contribution in [0.4, 0.5) is 0 Å². The van der Waals surface area contributed by atoms with Gasteiger partial charge in [0.05, 0.1) is 4.88 Å². The first-order chi connectivity index (χ1) is 12.6. The Balaban J connectivity index is 1.50. The van der Waals surface area contributed by atoms with Crippen molar-refractivity contribution in [2.24, 2.45) is 0 Å². The maximum absolute atomic E-state index is 11.7. The third kappa shape index (κ3) is 7.71. The van der Waals surface area contributed by atoms with Crippen molar-refractivity contribution in [1.29, 1.82) is 0 Å². The number of carbonyl (C=O) groups excluding carboxylic acids is 3. The molecule has 0 aliphatic carbocycles. The normalized spacial score (nSPS) is 10.2. The van der Waals surface area contributed by atoms with Gasteiger partial charge in [-0.25, -0.2) is 0 Å². The molecule has 138 valence electrons. The Bertz CT molecular complexity index is 705. The molecule has 2 N–H and O–H groups in total. The molecule has 2 aromatic rings. The number of rotatable bonds is 10. The molecule has 0 saturated carbocycles. The molecule has 1 aromatic carbocycles. The highest BCUT2D eigenvalue weighted by molar-refractivity contribution is 7.99. The first-order valence-electron chi connectivity index (χ1n) is 8.07. The second kappa shape index (κ2) is 11.3. The fourth-order valence-corrected chi connectivity index (χ4v) is 3.42. The number of esters is 1. The van der Waals surface area contributed by atoms with E-state index in [1.165, 1.54) is 16.2 Å². The summed E-state index contributed by atoms with van der Waals surface area (Å²) in [6, 6.07) is 13.4. The van der Waals surface area contributed by atoms with Gasteiger partial charge >= 0.3 is 5.97 Å². The summed E-state index contributed by atoms with van der Waals surface area (Å²) in [7, 11) is 0. The molecule has 0 radical (unpaired) electrons. The molecule has 1 aromatic heterocycles. The molecule has 0 bridgehead atoms. The Morgan fingerprint density at radius 1 is 1.04 bits per heavy atom. The number of benzene rings is 1. The van der Waals surface area contributed by atoms with Gasteiger partial charge in [-0.15, -0.1) is 23.1 Å². The largest absolute Gasteiger partial charge is 0.454 e. The van der Waals surface area contributed by atoms with Crippen molar-refractivity contribution in [3.63, 3.8) is 0 Å². The van der Waals surface area contributed by atoms with Crippen LogP contribution in [0.3, 0.4) is 0 Å². The molecule has 0 aliphatic rings. The van der Waals surface area contributed by atoms with Gasteiger partial charge in [0.25, 0.3) is 11.8 Å². The summed E-state index contributed by atoms with van der Waals surface area (Å²) in [5.41, 5.74) is 0. The summed E-state index contributed by atoms with van der Waals surface area (Å²) < 4.78 is 4.83. The SMILES string of the molecule is O=C(COC(=O)CNC(=O)c1cccs1)NCCCSc1ccccc1. The highest BCUT2D eigenvalue weighted by Crippen LogP contribution is 2.17. The lowest BCUT2D eigenvalue weighted by Crippen LogP contribution is -2.34. The molecular formula is C18H20N2O4S2. The molecule has 6 nitrogen and oxygen atoms in total. The lowest BCUT2D eigenvalue weighted by molar-refractivity contribution is -0.147. The van der Waals surface area contributed by atoms with Gasteiger partial charge in [-0.05, 0) is 35.8 Å². The van der Waals surface area contributed by atoms with Crippen LogP contribution in [-0.2, 0) is 14.3 Å². The van der Waals surface area contributed by atoms with Gasteiger partial charge in [-0.3, -0.25) is 14.4 Å². The number of thiophene rings is 1. The highest BCUT2D eigenvalue weighted by atomic mass is 32.2. The number of thioether (sulfide) groups is 1. The third-order valence-corrected chi connectivity index (χ3v) is 5.12. The standard InChI is InChI=1S/C18H20N2O4S2/c21-16(19-9-5-11-25-14-6-2-1-3-7-14)13-24-17(22)12-20-18(23)15-8-4-10-26-15/h1-4,6-8,10H,5,9,11-13H2,(H,19,21)(H,20,23). The number of nitrogens with one attached hydrogen (secondary N) is 2. The molecule has 2 amide bonds. The highest BCUT2D eigenvalue weighted by Gasteiger charge is 2.11. The van der Waals surface area contributed by atoms with E-state index in [4.69, 9.17) is 4.74 Å². The van der Waals surface area contributed by atoms with E-state index in [1.54, 1.807) is 29.3 Å². The zero-order valence-electron chi connectivity index (χ0n) is 14.1. The fourth-order valence-electron chi connectivity index (χ4n) is 1.90. The van der Waals surface area contributed by atoms with Crippen LogP contribution in [0.15, 0.2) is 52.7 Å². The summed E-state index contributed by atoms with van der Waals surface area (Å²) in [4.78, 5) is 36.5. The molecule has 8 heteroatoms. The summed E-state index contributed by atoms with van der Waals surface area (Å²) in [6.45, 7) is -0.0946. The Morgan fingerprint density at radius 2 is 1.85 bits per heavy atom. The van der Waals surface area contributed by atoms with Crippen LogP contribution < -0.4 is 10.6 Å². The Morgan fingerprint density at radius 3 is 2.58 bits per heavy atom. The average molecular weight is 393 g/mol. The molecule has 0 atom stereocenters. The Hall–Kier alpha value is -2.32. The molecule has 0 aliphatic heterocycles. The van der Waals surface area contributed by atoms with Gasteiger partial charge < -0.3 is 15.4 Å². The van der Waals surface area contributed by atoms with Gasteiger partial charge in [-0.1, -0.05) is 24.3 Å². The molecular weight excluding hydrogens is 372 g/mol. The van der Waals surface area contributed by atoms with Gasteiger partial charge in [0.2, 0.25) is 0 Å². The van der Waals surface area contributed by atoms with E-state index in [-0.39, 0.29) is 25.0 Å². The number of ether oxygens (including phenoxy) is 1. The minimum absolute atomic E-state index is 0.266. The lowest BCUT2D eigenvalue weighted by atomic mass is 10.4. The minimum atomic E-state index is -0.648. The molecule has 1 heterocycles. The number of amides is 2. The lowest BCUT2D eigenvalue weighted by Gasteiger charge is -2.07. The fraction of sp³-hybridized carbons (Fsp3) is 0.278. The van der Waals surface area contributed by atoms with Crippen LogP contribution in [-0.4, -0.2) is 43.2 Å². The second-order valence-electron chi connectivity index (χ2n) is 5.19. The molecule has 0 spiro atoms. The molecule has 0 unspecified atom stereocenters. The van der Waals surface area contributed by atoms with E-state index in [9.17, 15) is 14.4 Å². The van der Waals surface area contributed by atoms with Gasteiger partial charge in [0.1, 0.15) is 6.54 Å². The molecule has 0 saturated heterocycles. The zero-order chi connectivity index (χ0) is 18.6. The van der Waals surface area contributed by atoms with Crippen LogP contribution in [0.5, 0.6) is 0 Å². The van der Waals surface area contributed by atoms with Crippen LogP contribution in [0.2, 0.25) is 0 Å². The van der Waals surface area contributed by atoms with Crippen LogP contribution in [0.1, 0.15) is 16.1 Å². The predicted molar refractivity (Wildman–Crippen MR) is 102 cm³/mol. The molecule has 26 heavy (non-hydrogen) atoms. The van der Waals surface area contributed by atoms with Crippen molar-refractivity contribution >= 4 is 40.9 Å². The smallest absolute Gasteiger partial charge is 0.325 e. The van der Waals surface area contributed by atoms with Crippen LogP contribution >= 0.6 is 23.1 Å².